The molecule has 3 rings (SSSR count). The predicted octanol–water partition coefficient (Wildman–Crippen LogP) is 3.86. The minimum absolute atomic E-state index is 0.0477. The number of benzene rings is 2. The molecular formula is C18H16F2N4O3S2. The van der Waals surface area contributed by atoms with Gasteiger partial charge in [-0.1, -0.05) is 29.0 Å². The Morgan fingerprint density at radius 3 is 2.24 bits per heavy atom. The summed E-state index contributed by atoms with van der Waals surface area (Å²) in [6, 6.07) is 12.3. The van der Waals surface area contributed by atoms with Crippen LogP contribution >= 0.6 is 11.3 Å². The molecule has 29 heavy (non-hydrogen) atoms. The predicted molar refractivity (Wildman–Crippen MR) is 106 cm³/mol. The van der Waals surface area contributed by atoms with Crippen LogP contribution in [-0.2, 0) is 10.0 Å². The molecule has 0 aliphatic heterocycles. The van der Waals surface area contributed by atoms with Crippen LogP contribution in [0.5, 0.6) is 0 Å². The summed E-state index contributed by atoms with van der Waals surface area (Å²) in [5, 5.41) is 8.63. The number of sulfonamides is 1. The number of hydrogen-bond donors (Lipinski definition) is 1. The lowest BCUT2D eigenvalue weighted by molar-refractivity contribution is 0.102. The molecule has 0 saturated heterocycles. The van der Waals surface area contributed by atoms with Gasteiger partial charge < -0.3 is 0 Å². The molecule has 0 radical (unpaired) electrons. The van der Waals surface area contributed by atoms with Gasteiger partial charge in [0.25, 0.3) is 22.4 Å². The highest BCUT2D eigenvalue weighted by Gasteiger charge is 2.21. The van der Waals surface area contributed by atoms with Gasteiger partial charge in [0.1, 0.15) is 0 Å². The van der Waals surface area contributed by atoms with E-state index in [0.717, 1.165) is 9.87 Å². The Morgan fingerprint density at radius 2 is 1.69 bits per heavy atom. The van der Waals surface area contributed by atoms with Gasteiger partial charge in [-0.15, -0.1) is 10.2 Å². The molecule has 1 heterocycles. The average Bonchev–Trinajstić information content (AvgIpc) is 3.16. The Hall–Kier alpha value is -2.92. The highest BCUT2D eigenvalue weighted by atomic mass is 32.2. The maximum absolute atomic E-state index is 12.7. The van der Waals surface area contributed by atoms with Crippen molar-refractivity contribution in [2.45, 2.75) is 18.2 Å². The van der Waals surface area contributed by atoms with E-state index >= 15 is 0 Å². The second-order valence-electron chi connectivity index (χ2n) is 6.03. The van der Waals surface area contributed by atoms with Crippen molar-refractivity contribution >= 4 is 38.1 Å². The summed E-state index contributed by atoms with van der Waals surface area (Å²) < 4.78 is 51.7. The van der Waals surface area contributed by atoms with Gasteiger partial charge in [-0.2, -0.15) is 0 Å². The Bertz CT molecular complexity index is 1110. The average molecular weight is 438 g/mol. The fraction of sp³-hybridized carbons (Fsp3) is 0.167. The number of amides is 1. The molecule has 2 aromatic carbocycles. The van der Waals surface area contributed by atoms with Crippen LogP contribution in [0.25, 0.3) is 0 Å². The largest absolute Gasteiger partial charge is 0.296 e. The van der Waals surface area contributed by atoms with E-state index < -0.39 is 27.4 Å². The second-order valence-corrected chi connectivity index (χ2v) is 9.01. The van der Waals surface area contributed by atoms with Gasteiger partial charge in [-0.3, -0.25) is 14.4 Å². The van der Waals surface area contributed by atoms with Gasteiger partial charge in [-0.25, -0.2) is 17.2 Å². The highest BCUT2D eigenvalue weighted by molar-refractivity contribution is 7.92. The number of alkyl halides is 2. The summed E-state index contributed by atoms with van der Waals surface area (Å²) in [5.41, 5.74) is 1.51. The summed E-state index contributed by atoms with van der Waals surface area (Å²) >= 11 is 0.582. The molecule has 3 aromatic rings. The quantitative estimate of drug-likeness (QED) is 0.631. The number of nitrogens with one attached hydrogen (secondary N) is 1. The van der Waals surface area contributed by atoms with Crippen molar-refractivity contribution in [2.24, 2.45) is 0 Å². The Labute approximate surface area is 170 Å². The van der Waals surface area contributed by atoms with Crippen LogP contribution in [0.3, 0.4) is 0 Å². The van der Waals surface area contributed by atoms with Crippen LogP contribution in [0, 0.1) is 6.92 Å². The summed E-state index contributed by atoms with van der Waals surface area (Å²) in [5.74, 6) is -0.572. The first-order valence-electron chi connectivity index (χ1n) is 8.27. The number of carbonyl (C=O) groups excluding carboxylic acids is 1. The molecule has 0 aliphatic rings. The number of aryl methyl sites for hydroxylation is 1. The zero-order chi connectivity index (χ0) is 21.2. The van der Waals surface area contributed by atoms with Crippen LogP contribution in [0.1, 0.15) is 27.4 Å². The zero-order valence-electron chi connectivity index (χ0n) is 15.3. The number of hydrogen-bond acceptors (Lipinski definition) is 6. The second kappa shape index (κ2) is 8.21. The van der Waals surface area contributed by atoms with Crippen molar-refractivity contribution in [3.05, 3.63) is 64.7 Å². The van der Waals surface area contributed by atoms with Gasteiger partial charge in [0, 0.05) is 12.6 Å². The third-order valence-corrected chi connectivity index (χ3v) is 6.67. The maximum Gasteiger partial charge on any atom is 0.291 e. The van der Waals surface area contributed by atoms with Crippen LogP contribution in [0.15, 0.2) is 53.4 Å². The lowest BCUT2D eigenvalue weighted by Gasteiger charge is -2.19. The minimum atomic E-state index is -3.75. The first-order chi connectivity index (χ1) is 13.7. The van der Waals surface area contributed by atoms with Gasteiger partial charge >= 0.3 is 0 Å². The number of anilines is 2. The third kappa shape index (κ3) is 4.57. The fourth-order valence-corrected chi connectivity index (χ4v) is 4.16. The maximum atomic E-state index is 12.7. The minimum Gasteiger partial charge on any atom is -0.296 e. The standard InChI is InChI=1S/C18H16F2N4O3S2/c1-11-3-9-14(10-4-11)29(26,27)24(2)13-7-5-12(6-8-13)16(25)21-18-23-22-17(28-18)15(19)20/h3-10,15H,1-2H3,(H,21,23,25). The molecule has 0 aliphatic carbocycles. The van der Waals surface area contributed by atoms with E-state index in [1.165, 1.54) is 43.4 Å². The van der Waals surface area contributed by atoms with Crippen molar-refractivity contribution in [1.29, 1.82) is 0 Å². The van der Waals surface area contributed by atoms with Gasteiger partial charge in [0.15, 0.2) is 5.01 Å². The third-order valence-electron chi connectivity index (χ3n) is 4.02. The summed E-state index contributed by atoms with van der Waals surface area (Å²) in [7, 11) is -2.34. The summed E-state index contributed by atoms with van der Waals surface area (Å²) in [6.07, 6.45) is -2.76. The van der Waals surface area contributed by atoms with Gasteiger partial charge in [-0.05, 0) is 43.3 Å². The van der Waals surface area contributed by atoms with E-state index in [-0.39, 0.29) is 15.6 Å². The molecule has 7 nitrogen and oxygen atoms in total. The summed E-state index contributed by atoms with van der Waals surface area (Å²) in [4.78, 5) is 12.4. The van der Waals surface area contributed by atoms with Crippen molar-refractivity contribution in [2.75, 3.05) is 16.7 Å². The van der Waals surface area contributed by atoms with Gasteiger partial charge in [0.05, 0.1) is 10.6 Å². The van der Waals surface area contributed by atoms with E-state index in [1.807, 2.05) is 6.92 Å². The molecule has 1 N–H and O–H groups in total. The van der Waals surface area contributed by atoms with Gasteiger partial charge in [0.2, 0.25) is 5.13 Å². The molecule has 0 fully saturated rings. The van der Waals surface area contributed by atoms with E-state index in [4.69, 9.17) is 0 Å². The number of carbonyl (C=O) groups is 1. The molecule has 0 atom stereocenters. The normalized spacial score (nSPS) is 11.5. The molecule has 0 unspecified atom stereocenters. The molecular weight excluding hydrogens is 422 g/mol. The highest BCUT2D eigenvalue weighted by Crippen LogP contribution is 2.26. The van der Waals surface area contributed by atoms with Crippen molar-refractivity contribution < 1.29 is 22.0 Å². The monoisotopic (exact) mass is 438 g/mol. The number of rotatable bonds is 6. The Kier molecular flexibility index (Phi) is 5.89. The number of nitrogens with zero attached hydrogens (tertiary/aromatic N) is 3. The first-order valence-corrected chi connectivity index (χ1v) is 10.5. The smallest absolute Gasteiger partial charge is 0.291 e. The SMILES string of the molecule is Cc1ccc(S(=O)(=O)N(C)c2ccc(C(=O)Nc3nnc(C(F)F)s3)cc2)cc1. The van der Waals surface area contributed by atoms with E-state index in [9.17, 15) is 22.0 Å². The molecule has 0 bridgehead atoms. The Morgan fingerprint density at radius 1 is 1.07 bits per heavy atom. The fourth-order valence-electron chi connectivity index (χ4n) is 2.37. The molecule has 1 aromatic heterocycles. The lowest BCUT2D eigenvalue weighted by atomic mass is 10.2. The van der Waals surface area contributed by atoms with Crippen molar-refractivity contribution in [3.8, 4) is 0 Å². The molecule has 1 amide bonds. The first kappa shape index (κ1) is 20.8. The zero-order valence-corrected chi connectivity index (χ0v) is 17.0. The molecule has 0 spiro atoms. The Balaban J connectivity index is 1.74. The number of halogens is 2. The molecule has 0 saturated carbocycles. The summed E-state index contributed by atoms with van der Waals surface area (Å²) in [6.45, 7) is 1.86. The molecule has 11 heteroatoms. The lowest BCUT2D eigenvalue weighted by Crippen LogP contribution is -2.26. The van der Waals surface area contributed by atoms with E-state index in [2.05, 4.69) is 15.5 Å². The topological polar surface area (TPSA) is 92.3 Å². The van der Waals surface area contributed by atoms with Crippen molar-refractivity contribution in [1.82, 2.24) is 10.2 Å². The van der Waals surface area contributed by atoms with E-state index in [1.54, 1.807) is 12.1 Å². The van der Waals surface area contributed by atoms with Crippen LogP contribution in [-0.4, -0.2) is 31.6 Å². The molecule has 152 valence electrons. The number of aromatic nitrogens is 2. The van der Waals surface area contributed by atoms with Crippen molar-refractivity contribution in [3.63, 3.8) is 0 Å². The van der Waals surface area contributed by atoms with Crippen LogP contribution < -0.4 is 9.62 Å². The van der Waals surface area contributed by atoms with Crippen LogP contribution in [0.4, 0.5) is 19.6 Å². The van der Waals surface area contributed by atoms with Crippen LogP contribution in [0.2, 0.25) is 0 Å². The van der Waals surface area contributed by atoms with E-state index in [0.29, 0.717) is 17.0 Å².